The standard InChI is InChI=1S/C32H35N5O7S/c38-19-22-7-9-23(10-8-22)28-17-27(20-45-32-34-35-36-37(32)25-13-15-26(39)16-14-25)43-31(44-28)24-11-5-21(6-12-24)18-33-29(40)3-1-2-4-30(41)42/h5-16,27-28,31,38-39H,1-4,17-20H2,(H,33,40)(H,41,42)/t27-,28+,31+/m0/s1. The van der Waals surface area contributed by atoms with Gasteiger partial charge < -0.3 is 30.1 Å². The first-order valence-electron chi connectivity index (χ1n) is 14.7. The van der Waals surface area contributed by atoms with Crippen molar-refractivity contribution in [2.75, 3.05) is 5.75 Å². The number of carboxylic acids is 1. The van der Waals surface area contributed by atoms with Crippen molar-refractivity contribution in [3.63, 3.8) is 0 Å². The fourth-order valence-corrected chi connectivity index (χ4v) is 5.77. The molecule has 4 aromatic rings. The molecule has 5 rings (SSSR count). The van der Waals surface area contributed by atoms with Crippen LogP contribution in [0, 0.1) is 0 Å². The van der Waals surface area contributed by atoms with Crippen LogP contribution in [0.5, 0.6) is 5.75 Å². The Kier molecular flexibility index (Phi) is 11.1. The second kappa shape index (κ2) is 15.6. The van der Waals surface area contributed by atoms with Crippen molar-refractivity contribution in [1.29, 1.82) is 0 Å². The first-order valence-corrected chi connectivity index (χ1v) is 15.6. The summed E-state index contributed by atoms with van der Waals surface area (Å²) in [5.41, 5.74) is 4.27. The number of tetrazole rings is 1. The van der Waals surface area contributed by atoms with E-state index in [0.29, 0.717) is 36.7 Å². The number of rotatable bonds is 14. The number of aliphatic carboxylic acids is 1. The Hall–Kier alpha value is -4.30. The predicted octanol–water partition coefficient (Wildman–Crippen LogP) is 4.46. The van der Waals surface area contributed by atoms with E-state index in [4.69, 9.17) is 14.6 Å². The van der Waals surface area contributed by atoms with E-state index in [-0.39, 0.29) is 43.3 Å². The third-order valence-electron chi connectivity index (χ3n) is 7.33. The number of unbranched alkanes of at least 4 members (excludes halogenated alkanes) is 1. The summed E-state index contributed by atoms with van der Waals surface area (Å²) in [7, 11) is 0. The molecule has 1 aromatic heterocycles. The molecule has 1 fully saturated rings. The molecule has 2 heterocycles. The molecule has 1 aliphatic heterocycles. The molecule has 12 nitrogen and oxygen atoms in total. The molecule has 45 heavy (non-hydrogen) atoms. The first-order chi connectivity index (χ1) is 21.9. The third-order valence-corrected chi connectivity index (χ3v) is 8.39. The number of ether oxygens (including phenoxy) is 2. The summed E-state index contributed by atoms with van der Waals surface area (Å²) in [5, 5.41) is 43.4. The fraction of sp³-hybridized carbons (Fsp3) is 0.344. The fourth-order valence-electron chi connectivity index (χ4n) is 4.86. The highest BCUT2D eigenvalue weighted by atomic mass is 32.2. The van der Waals surface area contributed by atoms with E-state index in [2.05, 4.69) is 20.8 Å². The van der Waals surface area contributed by atoms with Crippen LogP contribution < -0.4 is 5.32 Å². The molecule has 1 aliphatic rings. The molecule has 0 unspecified atom stereocenters. The molecule has 1 amide bonds. The second-order valence-corrected chi connectivity index (χ2v) is 11.7. The van der Waals surface area contributed by atoms with Gasteiger partial charge in [0.1, 0.15) is 5.75 Å². The topological polar surface area (TPSA) is 169 Å². The van der Waals surface area contributed by atoms with Gasteiger partial charge >= 0.3 is 5.97 Å². The van der Waals surface area contributed by atoms with E-state index in [0.717, 1.165) is 27.9 Å². The average Bonchev–Trinajstić information content (AvgIpc) is 3.54. The zero-order chi connectivity index (χ0) is 31.6. The summed E-state index contributed by atoms with van der Waals surface area (Å²) < 4.78 is 14.5. The van der Waals surface area contributed by atoms with Gasteiger partial charge in [-0.3, -0.25) is 9.59 Å². The van der Waals surface area contributed by atoms with Gasteiger partial charge in [-0.15, -0.1) is 5.10 Å². The van der Waals surface area contributed by atoms with Gasteiger partial charge in [-0.2, -0.15) is 4.68 Å². The maximum absolute atomic E-state index is 12.1. The Morgan fingerprint density at radius 3 is 2.31 bits per heavy atom. The van der Waals surface area contributed by atoms with Crippen LogP contribution in [-0.4, -0.2) is 59.3 Å². The van der Waals surface area contributed by atoms with Gasteiger partial charge in [0.25, 0.3) is 0 Å². The Morgan fingerprint density at radius 1 is 0.911 bits per heavy atom. The Bertz CT molecular complexity index is 1550. The van der Waals surface area contributed by atoms with Crippen molar-refractivity contribution < 1.29 is 34.4 Å². The minimum absolute atomic E-state index is 0.0376. The lowest BCUT2D eigenvalue weighted by molar-refractivity contribution is -0.245. The number of carbonyl (C=O) groups is 2. The van der Waals surface area contributed by atoms with E-state index in [1.54, 1.807) is 28.9 Å². The van der Waals surface area contributed by atoms with E-state index in [9.17, 15) is 19.8 Å². The number of nitrogens with one attached hydrogen (secondary N) is 1. The lowest BCUT2D eigenvalue weighted by atomic mass is 10.0. The highest BCUT2D eigenvalue weighted by Gasteiger charge is 2.32. The smallest absolute Gasteiger partial charge is 0.303 e. The number of hydrogen-bond donors (Lipinski definition) is 4. The van der Waals surface area contributed by atoms with Crippen LogP contribution in [0.2, 0.25) is 0 Å². The average molecular weight is 634 g/mol. The Balaban J connectivity index is 1.24. The van der Waals surface area contributed by atoms with Crippen molar-refractivity contribution in [1.82, 2.24) is 25.5 Å². The number of aliphatic hydroxyl groups is 1. The zero-order valence-corrected chi connectivity index (χ0v) is 25.3. The molecule has 0 saturated carbocycles. The van der Waals surface area contributed by atoms with Crippen LogP contribution >= 0.6 is 11.8 Å². The number of thioether (sulfide) groups is 1. The van der Waals surface area contributed by atoms with E-state index >= 15 is 0 Å². The maximum atomic E-state index is 12.1. The lowest BCUT2D eigenvalue weighted by Crippen LogP contribution is -2.31. The number of carbonyl (C=O) groups excluding carboxylic acids is 1. The number of aliphatic hydroxyl groups excluding tert-OH is 1. The predicted molar refractivity (Wildman–Crippen MR) is 164 cm³/mol. The zero-order valence-electron chi connectivity index (χ0n) is 24.5. The maximum Gasteiger partial charge on any atom is 0.303 e. The van der Waals surface area contributed by atoms with Gasteiger partial charge in [-0.05, 0) is 64.2 Å². The highest BCUT2D eigenvalue weighted by molar-refractivity contribution is 7.99. The van der Waals surface area contributed by atoms with Crippen LogP contribution in [0.4, 0.5) is 0 Å². The van der Waals surface area contributed by atoms with E-state index in [1.165, 1.54) is 11.8 Å². The largest absolute Gasteiger partial charge is 0.508 e. The molecular weight excluding hydrogens is 598 g/mol. The molecule has 13 heteroatoms. The van der Waals surface area contributed by atoms with Crippen LogP contribution in [0.25, 0.3) is 5.69 Å². The summed E-state index contributed by atoms with van der Waals surface area (Å²) in [6.07, 6.45) is 0.848. The lowest BCUT2D eigenvalue weighted by Gasteiger charge is -2.36. The van der Waals surface area contributed by atoms with Crippen molar-refractivity contribution in [2.45, 2.75) is 68.9 Å². The van der Waals surface area contributed by atoms with Gasteiger partial charge in [0.05, 0.1) is 24.5 Å². The number of phenolic OH excluding ortho intramolecular Hbond substituents is 1. The minimum Gasteiger partial charge on any atom is -0.508 e. The molecule has 4 N–H and O–H groups in total. The van der Waals surface area contributed by atoms with Gasteiger partial charge in [-0.25, -0.2) is 0 Å². The molecule has 0 radical (unpaired) electrons. The number of amides is 1. The summed E-state index contributed by atoms with van der Waals surface area (Å²) in [5.74, 6) is -0.260. The molecule has 236 valence electrons. The van der Waals surface area contributed by atoms with Gasteiger partial charge in [-0.1, -0.05) is 60.3 Å². The highest BCUT2D eigenvalue weighted by Crippen LogP contribution is 2.39. The molecule has 1 saturated heterocycles. The van der Waals surface area contributed by atoms with Crippen LogP contribution in [0.15, 0.2) is 78.0 Å². The van der Waals surface area contributed by atoms with Crippen LogP contribution in [0.1, 0.15) is 66.8 Å². The van der Waals surface area contributed by atoms with Crippen molar-refractivity contribution in [3.05, 3.63) is 95.1 Å². The van der Waals surface area contributed by atoms with Crippen LogP contribution in [-0.2, 0) is 32.2 Å². The number of aromatic hydroxyl groups is 1. The summed E-state index contributed by atoms with van der Waals surface area (Å²) in [6.45, 7) is 0.323. The van der Waals surface area contributed by atoms with E-state index < -0.39 is 12.3 Å². The van der Waals surface area contributed by atoms with Crippen molar-refractivity contribution in [2.24, 2.45) is 0 Å². The molecule has 0 aliphatic carbocycles. The van der Waals surface area contributed by atoms with Crippen molar-refractivity contribution >= 4 is 23.6 Å². The molecule has 0 bridgehead atoms. The van der Waals surface area contributed by atoms with Crippen molar-refractivity contribution in [3.8, 4) is 11.4 Å². The number of carboxylic acid groups (broad SMARTS) is 1. The summed E-state index contributed by atoms with van der Waals surface area (Å²) >= 11 is 1.46. The van der Waals surface area contributed by atoms with Crippen LogP contribution in [0.3, 0.4) is 0 Å². The quantitative estimate of drug-likeness (QED) is 0.114. The van der Waals surface area contributed by atoms with Gasteiger partial charge in [0, 0.05) is 37.1 Å². The van der Waals surface area contributed by atoms with Gasteiger partial charge in [0.2, 0.25) is 11.1 Å². The molecule has 3 atom stereocenters. The normalized spacial score (nSPS) is 18.0. The molecule has 0 spiro atoms. The Labute approximate surface area is 264 Å². The summed E-state index contributed by atoms with van der Waals surface area (Å²) in [4.78, 5) is 22.8. The molecule has 3 aromatic carbocycles. The second-order valence-electron chi connectivity index (χ2n) is 10.7. The third kappa shape index (κ3) is 9.11. The SMILES string of the molecule is O=C(O)CCCCC(=O)NCc1ccc([C@@H]2O[C@H](CSc3nnnn3-c3ccc(O)cc3)C[C@H](c3ccc(CO)cc3)O2)cc1. The van der Waals surface area contributed by atoms with E-state index in [1.807, 2.05) is 48.5 Å². The number of phenols is 1. The summed E-state index contributed by atoms with van der Waals surface area (Å²) in [6, 6.07) is 22.0. The first kappa shape index (κ1) is 32.1. The number of nitrogens with zero attached hydrogens (tertiary/aromatic N) is 4. The van der Waals surface area contributed by atoms with Gasteiger partial charge in [0.15, 0.2) is 6.29 Å². The number of aromatic nitrogens is 4. The number of benzene rings is 3. The number of hydrogen-bond acceptors (Lipinski definition) is 10. The monoisotopic (exact) mass is 633 g/mol. The molecular formula is C32H35N5O7S. The Morgan fingerprint density at radius 2 is 1.60 bits per heavy atom. The minimum atomic E-state index is -0.857.